The number of likely N-dealkylation sites (tertiary alicyclic amines) is 1. The van der Waals surface area contributed by atoms with Crippen molar-refractivity contribution in [1.29, 1.82) is 0 Å². The van der Waals surface area contributed by atoms with Crippen LogP contribution in [0.5, 0.6) is 5.88 Å². The highest BCUT2D eigenvalue weighted by Gasteiger charge is 2.24. The summed E-state index contributed by atoms with van der Waals surface area (Å²) in [5, 5.41) is 9.55. The molecule has 1 aliphatic rings. The number of halogens is 2. The number of piperidine rings is 1. The van der Waals surface area contributed by atoms with Gasteiger partial charge in [-0.05, 0) is 18.9 Å². The molecule has 0 spiro atoms. The van der Waals surface area contributed by atoms with Crippen molar-refractivity contribution >= 4 is 5.91 Å². The summed E-state index contributed by atoms with van der Waals surface area (Å²) < 4.78 is 28.9. The van der Waals surface area contributed by atoms with E-state index in [2.05, 4.69) is 4.98 Å². The molecule has 0 aliphatic carbocycles. The average molecular weight is 286 g/mol. The summed E-state index contributed by atoms with van der Waals surface area (Å²) >= 11 is 0. The molecule has 1 unspecified atom stereocenters. The Kier molecular flexibility index (Phi) is 4.84. The van der Waals surface area contributed by atoms with Crippen LogP contribution < -0.4 is 4.74 Å². The Labute approximate surface area is 115 Å². The van der Waals surface area contributed by atoms with Crippen LogP contribution in [0.2, 0.25) is 0 Å². The molecule has 110 valence electrons. The number of rotatable bonds is 4. The van der Waals surface area contributed by atoms with Gasteiger partial charge in [0.1, 0.15) is 5.69 Å². The molecular weight excluding hydrogens is 270 g/mol. The van der Waals surface area contributed by atoms with Crippen LogP contribution >= 0.6 is 0 Å². The first-order valence-corrected chi connectivity index (χ1v) is 6.41. The van der Waals surface area contributed by atoms with Gasteiger partial charge in [0.15, 0.2) is 6.61 Å². The minimum atomic E-state index is -2.59. The number of pyridine rings is 1. The first-order valence-electron chi connectivity index (χ1n) is 6.41. The van der Waals surface area contributed by atoms with E-state index in [0.717, 1.165) is 6.42 Å². The van der Waals surface area contributed by atoms with Crippen molar-refractivity contribution in [2.45, 2.75) is 25.4 Å². The van der Waals surface area contributed by atoms with Crippen LogP contribution in [0, 0.1) is 0 Å². The van der Waals surface area contributed by atoms with Gasteiger partial charge >= 0.3 is 0 Å². The van der Waals surface area contributed by atoms with E-state index in [1.165, 1.54) is 23.1 Å². The van der Waals surface area contributed by atoms with Crippen LogP contribution in [0.25, 0.3) is 0 Å². The van der Waals surface area contributed by atoms with E-state index in [9.17, 15) is 18.7 Å². The minimum absolute atomic E-state index is 0.00583. The third-order valence-electron chi connectivity index (χ3n) is 2.98. The summed E-state index contributed by atoms with van der Waals surface area (Å²) in [5.41, 5.74) is 0.130. The topological polar surface area (TPSA) is 62.7 Å². The molecule has 1 aliphatic heterocycles. The van der Waals surface area contributed by atoms with E-state index in [1.807, 2.05) is 0 Å². The maximum atomic E-state index is 12.2. The molecule has 1 amide bonds. The number of aromatic nitrogens is 1. The normalized spacial score (nSPS) is 19.2. The third kappa shape index (κ3) is 3.86. The maximum Gasteiger partial charge on any atom is 0.272 e. The van der Waals surface area contributed by atoms with Crippen molar-refractivity contribution in [1.82, 2.24) is 9.88 Å². The Morgan fingerprint density at radius 3 is 3.05 bits per heavy atom. The Hall–Kier alpha value is -1.76. The molecule has 5 nitrogen and oxygen atoms in total. The number of nitrogens with zero attached hydrogens (tertiary/aromatic N) is 2. The predicted octanol–water partition coefficient (Wildman–Crippen LogP) is 1.32. The molecule has 1 saturated heterocycles. The minimum Gasteiger partial charge on any atom is -0.472 e. The fourth-order valence-corrected chi connectivity index (χ4v) is 2.06. The fraction of sp³-hybridized carbons (Fsp3) is 0.538. The number of alkyl halides is 2. The van der Waals surface area contributed by atoms with Crippen LogP contribution in [0.4, 0.5) is 8.78 Å². The van der Waals surface area contributed by atoms with Gasteiger partial charge in [-0.1, -0.05) is 6.07 Å². The van der Waals surface area contributed by atoms with E-state index in [1.54, 1.807) is 0 Å². The molecule has 1 N–H and O–H groups in total. The Morgan fingerprint density at radius 2 is 2.35 bits per heavy atom. The lowest BCUT2D eigenvalue weighted by Crippen LogP contribution is -2.42. The summed E-state index contributed by atoms with van der Waals surface area (Å²) in [7, 11) is 0. The molecule has 0 aromatic carbocycles. The Balaban J connectivity index is 2.04. The van der Waals surface area contributed by atoms with Crippen molar-refractivity contribution < 1.29 is 23.4 Å². The number of hydrogen-bond acceptors (Lipinski definition) is 4. The van der Waals surface area contributed by atoms with Crippen LogP contribution in [-0.2, 0) is 0 Å². The number of aliphatic hydroxyl groups excluding tert-OH is 1. The lowest BCUT2D eigenvalue weighted by atomic mass is 10.1. The third-order valence-corrected chi connectivity index (χ3v) is 2.98. The number of aliphatic hydroxyl groups is 1. The highest BCUT2D eigenvalue weighted by Crippen LogP contribution is 2.15. The predicted molar refractivity (Wildman–Crippen MR) is 66.9 cm³/mol. The molecule has 1 atom stereocenters. The molecule has 0 saturated carbocycles. The zero-order valence-corrected chi connectivity index (χ0v) is 10.8. The molecule has 2 heterocycles. The van der Waals surface area contributed by atoms with Crippen LogP contribution in [0.15, 0.2) is 18.2 Å². The number of β-amino-alcohol motifs (C(OH)–C–C–N with tert-alkyl or cyclic N) is 1. The van der Waals surface area contributed by atoms with Crippen molar-refractivity contribution in [3.05, 3.63) is 23.9 Å². The summed E-state index contributed by atoms with van der Waals surface area (Å²) in [4.78, 5) is 17.6. The molecule has 2 rings (SSSR count). The SMILES string of the molecule is O=C(c1cccc(OCC(F)F)n1)N1CCCC(O)C1. The molecule has 20 heavy (non-hydrogen) atoms. The largest absolute Gasteiger partial charge is 0.472 e. The monoisotopic (exact) mass is 286 g/mol. The Bertz CT molecular complexity index is 471. The van der Waals surface area contributed by atoms with Crippen molar-refractivity contribution in [2.24, 2.45) is 0 Å². The summed E-state index contributed by atoms with van der Waals surface area (Å²) in [6.07, 6.45) is -1.71. The van der Waals surface area contributed by atoms with E-state index >= 15 is 0 Å². The molecule has 0 radical (unpaired) electrons. The molecular formula is C13H16F2N2O3. The molecule has 1 aromatic rings. The van der Waals surface area contributed by atoms with Crippen molar-refractivity contribution in [2.75, 3.05) is 19.7 Å². The van der Waals surface area contributed by atoms with Crippen LogP contribution in [0.3, 0.4) is 0 Å². The zero-order valence-electron chi connectivity index (χ0n) is 10.8. The van der Waals surface area contributed by atoms with Gasteiger partial charge in [-0.3, -0.25) is 4.79 Å². The van der Waals surface area contributed by atoms with Crippen LogP contribution in [-0.4, -0.2) is 53.1 Å². The van der Waals surface area contributed by atoms with E-state index in [-0.39, 0.29) is 24.0 Å². The highest BCUT2D eigenvalue weighted by molar-refractivity contribution is 5.92. The number of carbonyl (C=O) groups is 1. The molecule has 0 bridgehead atoms. The summed E-state index contributed by atoms with van der Waals surface area (Å²) in [5.74, 6) is -0.333. The Morgan fingerprint density at radius 1 is 1.55 bits per heavy atom. The van der Waals surface area contributed by atoms with Gasteiger partial charge in [0.05, 0.1) is 6.10 Å². The van der Waals surface area contributed by atoms with Crippen molar-refractivity contribution in [3.63, 3.8) is 0 Å². The van der Waals surface area contributed by atoms with Crippen molar-refractivity contribution in [3.8, 4) is 5.88 Å². The van der Waals surface area contributed by atoms with E-state index < -0.39 is 19.1 Å². The number of ether oxygens (including phenoxy) is 1. The lowest BCUT2D eigenvalue weighted by molar-refractivity contribution is 0.0467. The van der Waals surface area contributed by atoms with Gasteiger partial charge in [0.2, 0.25) is 5.88 Å². The van der Waals surface area contributed by atoms with Gasteiger partial charge in [-0.2, -0.15) is 0 Å². The first-order chi connectivity index (χ1) is 9.56. The fourth-order valence-electron chi connectivity index (χ4n) is 2.06. The average Bonchev–Trinajstić information content (AvgIpc) is 2.44. The quantitative estimate of drug-likeness (QED) is 0.907. The first kappa shape index (κ1) is 14.6. The standard InChI is InChI=1S/C13H16F2N2O3/c14-11(15)8-20-12-5-1-4-10(16-12)13(19)17-6-2-3-9(18)7-17/h1,4-5,9,11,18H,2-3,6-8H2. The van der Waals surface area contributed by atoms with Gasteiger partial charge in [-0.15, -0.1) is 0 Å². The summed E-state index contributed by atoms with van der Waals surface area (Å²) in [6.45, 7) is 0.0649. The second kappa shape index (κ2) is 6.60. The second-order valence-corrected chi connectivity index (χ2v) is 4.61. The van der Waals surface area contributed by atoms with Gasteiger partial charge in [-0.25, -0.2) is 13.8 Å². The van der Waals surface area contributed by atoms with Gasteiger partial charge < -0.3 is 14.7 Å². The lowest BCUT2D eigenvalue weighted by Gasteiger charge is -2.29. The number of amides is 1. The molecule has 1 fully saturated rings. The maximum absolute atomic E-state index is 12.2. The highest BCUT2D eigenvalue weighted by atomic mass is 19.3. The zero-order chi connectivity index (χ0) is 14.5. The number of hydrogen-bond donors (Lipinski definition) is 1. The smallest absolute Gasteiger partial charge is 0.272 e. The summed E-state index contributed by atoms with van der Waals surface area (Å²) in [6, 6.07) is 4.45. The van der Waals surface area contributed by atoms with Crippen LogP contribution in [0.1, 0.15) is 23.3 Å². The number of carbonyl (C=O) groups excluding carboxylic acids is 1. The van der Waals surface area contributed by atoms with E-state index in [4.69, 9.17) is 4.74 Å². The van der Waals surface area contributed by atoms with Gasteiger partial charge in [0.25, 0.3) is 12.3 Å². The molecule has 7 heteroatoms. The van der Waals surface area contributed by atoms with Gasteiger partial charge in [0, 0.05) is 19.2 Å². The second-order valence-electron chi connectivity index (χ2n) is 4.61. The molecule has 1 aromatic heterocycles. The van der Waals surface area contributed by atoms with E-state index in [0.29, 0.717) is 13.0 Å².